The summed E-state index contributed by atoms with van der Waals surface area (Å²) in [7, 11) is -0.481. The van der Waals surface area contributed by atoms with Gasteiger partial charge >= 0.3 is 0 Å². The number of sulfonamides is 1. The highest BCUT2D eigenvalue weighted by molar-refractivity contribution is 7.88. The molecule has 1 aliphatic heterocycles. The van der Waals surface area contributed by atoms with Crippen molar-refractivity contribution in [3.8, 4) is 11.5 Å². The number of hydrogen-bond donors (Lipinski definition) is 1. The van der Waals surface area contributed by atoms with Crippen LogP contribution in [0.1, 0.15) is 28.3 Å². The van der Waals surface area contributed by atoms with Crippen LogP contribution < -0.4 is 15.0 Å². The second-order valence-corrected chi connectivity index (χ2v) is 9.51. The highest BCUT2D eigenvalue weighted by Crippen LogP contribution is 2.41. The lowest BCUT2D eigenvalue weighted by atomic mass is 9.89. The molecule has 0 spiro atoms. The third-order valence-electron chi connectivity index (χ3n) is 5.58. The Labute approximate surface area is 175 Å². The molecule has 8 heteroatoms. The third-order valence-corrected chi connectivity index (χ3v) is 6.83. The Balaban J connectivity index is 2.00. The normalized spacial score (nSPS) is 17.0. The summed E-state index contributed by atoms with van der Waals surface area (Å²) in [4.78, 5) is 16.0. The molecule has 2 heterocycles. The van der Waals surface area contributed by atoms with Gasteiger partial charge in [0.05, 0.1) is 26.5 Å². The Morgan fingerprint density at radius 2 is 1.73 bits per heavy atom. The minimum atomic E-state index is -3.57. The number of aromatic amines is 1. The topological polar surface area (TPSA) is 88.7 Å². The van der Waals surface area contributed by atoms with Crippen LogP contribution in [0, 0.1) is 6.92 Å². The molecule has 7 nitrogen and oxygen atoms in total. The van der Waals surface area contributed by atoms with Gasteiger partial charge in [0.2, 0.25) is 10.0 Å². The van der Waals surface area contributed by atoms with Crippen molar-refractivity contribution in [1.82, 2.24) is 9.29 Å². The first-order valence-electron chi connectivity index (χ1n) is 9.58. The number of aromatic nitrogens is 1. The van der Waals surface area contributed by atoms with Gasteiger partial charge in [-0.2, -0.15) is 4.31 Å². The molecule has 0 saturated heterocycles. The number of nitrogens with zero attached hydrogens (tertiary/aromatic N) is 1. The Morgan fingerprint density at radius 1 is 1.03 bits per heavy atom. The lowest BCUT2D eigenvalue weighted by Crippen LogP contribution is -2.42. The molecule has 1 N–H and O–H groups in total. The summed E-state index contributed by atoms with van der Waals surface area (Å²) in [6.07, 6.45) is 1.69. The highest BCUT2D eigenvalue weighted by atomic mass is 32.2. The maximum Gasteiger partial charge on any atom is 0.253 e. The van der Waals surface area contributed by atoms with Crippen LogP contribution in [0.4, 0.5) is 0 Å². The molecule has 2 aromatic carbocycles. The maximum absolute atomic E-state index is 13.1. The SMILES string of the molecule is COc1cc2c(cc1OC)C(c1cc3ccc(C)cc3[nH]c1=O)N(S(C)(=O)=O)CC2. The number of H-pyrrole nitrogens is 1. The van der Waals surface area contributed by atoms with Gasteiger partial charge in [-0.1, -0.05) is 12.1 Å². The van der Waals surface area contributed by atoms with E-state index in [1.165, 1.54) is 17.7 Å². The van der Waals surface area contributed by atoms with E-state index in [2.05, 4.69) is 4.98 Å². The predicted molar refractivity (Wildman–Crippen MR) is 116 cm³/mol. The number of methoxy groups -OCH3 is 2. The number of aryl methyl sites for hydroxylation is 1. The Hall–Kier alpha value is -2.84. The summed E-state index contributed by atoms with van der Waals surface area (Å²) in [5.74, 6) is 1.06. The molecule has 0 saturated carbocycles. The van der Waals surface area contributed by atoms with Crippen LogP contribution in [0.2, 0.25) is 0 Å². The third kappa shape index (κ3) is 3.46. The van der Waals surface area contributed by atoms with E-state index in [4.69, 9.17) is 9.47 Å². The summed E-state index contributed by atoms with van der Waals surface area (Å²) in [6.45, 7) is 2.23. The van der Waals surface area contributed by atoms with Gasteiger partial charge in [0, 0.05) is 17.6 Å². The molecular weight excluding hydrogens is 404 g/mol. The van der Waals surface area contributed by atoms with Gasteiger partial charge in [0.25, 0.3) is 5.56 Å². The van der Waals surface area contributed by atoms with E-state index in [9.17, 15) is 13.2 Å². The monoisotopic (exact) mass is 428 g/mol. The number of rotatable bonds is 4. The zero-order valence-corrected chi connectivity index (χ0v) is 18.2. The number of nitrogens with one attached hydrogen (secondary N) is 1. The molecule has 3 aromatic rings. The van der Waals surface area contributed by atoms with Gasteiger partial charge < -0.3 is 14.5 Å². The van der Waals surface area contributed by atoms with E-state index in [1.807, 2.05) is 31.2 Å². The molecule has 1 unspecified atom stereocenters. The molecular formula is C22H24N2O5S. The van der Waals surface area contributed by atoms with Gasteiger partial charge in [-0.25, -0.2) is 8.42 Å². The summed E-state index contributed by atoms with van der Waals surface area (Å²) in [6, 6.07) is 10.4. The fourth-order valence-electron chi connectivity index (χ4n) is 4.14. The quantitative estimate of drug-likeness (QED) is 0.690. The van der Waals surface area contributed by atoms with Gasteiger partial charge in [0.15, 0.2) is 11.5 Å². The molecule has 158 valence electrons. The lowest BCUT2D eigenvalue weighted by molar-refractivity contribution is 0.332. The number of fused-ring (bicyclic) bond motifs is 2. The van der Waals surface area contributed by atoms with Crippen molar-refractivity contribution in [2.75, 3.05) is 27.0 Å². The van der Waals surface area contributed by atoms with Gasteiger partial charge in [-0.3, -0.25) is 4.79 Å². The first-order chi connectivity index (χ1) is 14.2. The molecule has 1 aliphatic rings. The first-order valence-corrected chi connectivity index (χ1v) is 11.4. The molecule has 1 atom stereocenters. The van der Waals surface area contributed by atoms with Crippen LogP contribution in [0.5, 0.6) is 11.5 Å². The zero-order chi connectivity index (χ0) is 21.6. The number of pyridine rings is 1. The molecule has 30 heavy (non-hydrogen) atoms. The largest absolute Gasteiger partial charge is 0.493 e. The van der Waals surface area contributed by atoms with Crippen molar-refractivity contribution in [3.05, 3.63) is 69.0 Å². The van der Waals surface area contributed by atoms with E-state index < -0.39 is 16.1 Å². The Kier molecular flexibility index (Phi) is 5.07. The van der Waals surface area contributed by atoms with Crippen LogP contribution >= 0.6 is 0 Å². The molecule has 0 aliphatic carbocycles. The van der Waals surface area contributed by atoms with Crippen LogP contribution in [-0.4, -0.2) is 44.7 Å². The molecule has 0 fully saturated rings. The van der Waals surface area contributed by atoms with E-state index in [1.54, 1.807) is 19.2 Å². The van der Waals surface area contributed by atoms with Crippen molar-refractivity contribution < 1.29 is 17.9 Å². The van der Waals surface area contributed by atoms with E-state index in [-0.39, 0.29) is 12.1 Å². The second kappa shape index (κ2) is 7.45. The highest BCUT2D eigenvalue weighted by Gasteiger charge is 2.37. The van der Waals surface area contributed by atoms with Crippen molar-refractivity contribution in [2.24, 2.45) is 0 Å². The standard InChI is InChI=1S/C22H24N2O5S/c1-13-5-6-15-10-17(22(25)23-18(15)9-13)21-16-12-20(29-3)19(28-2)11-14(16)7-8-24(21)30(4,26)27/h5-6,9-12,21H,7-8H2,1-4H3,(H,23,25). The number of ether oxygens (including phenoxy) is 2. The van der Waals surface area contributed by atoms with Crippen molar-refractivity contribution in [1.29, 1.82) is 0 Å². The van der Waals surface area contributed by atoms with Crippen molar-refractivity contribution in [2.45, 2.75) is 19.4 Å². The van der Waals surface area contributed by atoms with Gasteiger partial charge in [0.1, 0.15) is 0 Å². The number of hydrogen-bond acceptors (Lipinski definition) is 5. The maximum atomic E-state index is 13.1. The molecule has 0 bridgehead atoms. The second-order valence-electron chi connectivity index (χ2n) is 7.58. The lowest BCUT2D eigenvalue weighted by Gasteiger charge is -2.36. The smallest absolute Gasteiger partial charge is 0.253 e. The minimum absolute atomic E-state index is 0.275. The molecule has 0 amide bonds. The van der Waals surface area contributed by atoms with Crippen LogP contribution in [-0.2, 0) is 16.4 Å². The predicted octanol–water partition coefficient (Wildman–Crippen LogP) is 2.76. The fourth-order valence-corrected chi connectivity index (χ4v) is 5.17. The van der Waals surface area contributed by atoms with Crippen LogP contribution in [0.3, 0.4) is 0 Å². The van der Waals surface area contributed by atoms with Crippen LogP contribution in [0.25, 0.3) is 10.9 Å². The number of benzene rings is 2. The van der Waals surface area contributed by atoms with Crippen molar-refractivity contribution in [3.63, 3.8) is 0 Å². The summed E-state index contributed by atoms with van der Waals surface area (Å²) < 4.78 is 37.5. The first kappa shape index (κ1) is 20.4. The molecule has 4 rings (SSSR count). The Bertz CT molecular complexity index is 1300. The Morgan fingerprint density at radius 3 is 2.40 bits per heavy atom. The molecule has 1 aromatic heterocycles. The molecule has 0 radical (unpaired) electrons. The average molecular weight is 429 g/mol. The van der Waals surface area contributed by atoms with E-state index in [0.717, 1.165) is 27.6 Å². The van der Waals surface area contributed by atoms with E-state index in [0.29, 0.717) is 23.5 Å². The van der Waals surface area contributed by atoms with Gasteiger partial charge in [-0.05, 0) is 59.7 Å². The van der Waals surface area contributed by atoms with E-state index >= 15 is 0 Å². The van der Waals surface area contributed by atoms with Crippen LogP contribution in [0.15, 0.2) is 41.2 Å². The fraction of sp³-hybridized carbons (Fsp3) is 0.318. The average Bonchev–Trinajstić information content (AvgIpc) is 2.70. The zero-order valence-electron chi connectivity index (χ0n) is 17.4. The summed E-state index contributed by atoms with van der Waals surface area (Å²) in [5.41, 5.74) is 3.48. The van der Waals surface area contributed by atoms with Gasteiger partial charge in [-0.15, -0.1) is 0 Å². The summed E-state index contributed by atoms with van der Waals surface area (Å²) in [5, 5.41) is 0.844. The van der Waals surface area contributed by atoms with Crippen molar-refractivity contribution >= 4 is 20.9 Å². The minimum Gasteiger partial charge on any atom is -0.493 e. The summed E-state index contributed by atoms with van der Waals surface area (Å²) >= 11 is 0.